The van der Waals surface area contributed by atoms with Gasteiger partial charge in [0.1, 0.15) is 0 Å². The average molecular weight is 214 g/mol. The van der Waals surface area contributed by atoms with Gasteiger partial charge in [-0.1, -0.05) is 0 Å². The van der Waals surface area contributed by atoms with E-state index in [0.717, 1.165) is 26.2 Å². The maximum absolute atomic E-state index is 5.75. The molecule has 3 nitrogen and oxygen atoms in total. The van der Waals surface area contributed by atoms with Crippen molar-refractivity contribution >= 4 is 0 Å². The highest BCUT2D eigenvalue weighted by atomic mass is 16.5. The van der Waals surface area contributed by atoms with E-state index in [1.54, 1.807) is 0 Å². The van der Waals surface area contributed by atoms with Gasteiger partial charge in [-0.15, -0.1) is 0 Å². The van der Waals surface area contributed by atoms with Gasteiger partial charge in [-0.25, -0.2) is 0 Å². The van der Waals surface area contributed by atoms with Crippen LogP contribution in [0.4, 0.5) is 0 Å². The molecule has 1 saturated heterocycles. The molecule has 0 aromatic rings. The third-order valence-electron chi connectivity index (χ3n) is 2.80. The molecule has 0 aromatic heterocycles. The van der Waals surface area contributed by atoms with E-state index in [9.17, 15) is 0 Å². The molecule has 0 saturated carbocycles. The Morgan fingerprint density at radius 2 is 1.80 bits per heavy atom. The van der Waals surface area contributed by atoms with Gasteiger partial charge < -0.3 is 15.0 Å². The molecule has 0 atom stereocenters. The molecule has 15 heavy (non-hydrogen) atoms. The highest BCUT2D eigenvalue weighted by molar-refractivity contribution is 4.76. The molecule has 1 rings (SSSR count). The first-order valence-electron chi connectivity index (χ1n) is 6.21. The third kappa shape index (κ3) is 5.50. The Morgan fingerprint density at radius 3 is 2.33 bits per heavy atom. The van der Waals surface area contributed by atoms with Crippen molar-refractivity contribution in [2.45, 2.75) is 39.2 Å². The SMILES string of the molecule is CCOC(C)(C)CN1CCCNCCC1. The van der Waals surface area contributed by atoms with E-state index < -0.39 is 0 Å². The van der Waals surface area contributed by atoms with Crippen molar-refractivity contribution in [1.82, 2.24) is 10.2 Å². The minimum Gasteiger partial charge on any atom is -0.375 e. The number of nitrogens with zero attached hydrogens (tertiary/aromatic N) is 1. The van der Waals surface area contributed by atoms with Crippen molar-refractivity contribution in [2.24, 2.45) is 0 Å². The van der Waals surface area contributed by atoms with Crippen LogP contribution in [-0.4, -0.2) is 49.8 Å². The molecule has 1 aliphatic rings. The number of nitrogens with one attached hydrogen (secondary N) is 1. The van der Waals surface area contributed by atoms with Crippen molar-refractivity contribution in [3.63, 3.8) is 0 Å². The quantitative estimate of drug-likeness (QED) is 0.767. The largest absolute Gasteiger partial charge is 0.375 e. The molecule has 0 bridgehead atoms. The smallest absolute Gasteiger partial charge is 0.0752 e. The zero-order chi connectivity index (χ0) is 11.1. The Bertz CT molecular complexity index is 163. The van der Waals surface area contributed by atoms with Gasteiger partial charge in [-0.2, -0.15) is 0 Å². The fourth-order valence-electron chi connectivity index (χ4n) is 2.23. The number of hydrogen-bond acceptors (Lipinski definition) is 3. The molecule has 1 aliphatic heterocycles. The summed E-state index contributed by atoms with van der Waals surface area (Å²) in [7, 11) is 0. The number of ether oxygens (including phenoxy) is 1. The molecule has 0 aliphatic carbocycles. The fraction of sp³-hybridized carbons (Fsp3) is 1.00. The minimum atomic E-state index is 0.00136. The Kier molecular flexibility index (Phi) is 5.58. The van der Waals surface area contributed by atoms with Gasteiger partial charge in [0.25, 0.3) is 0 Å². The van der Waals surface area contributed by atoms with Crippen LogP contribution < -0.4 is 5.32 Å². The van der Waals surface area contributed by atoms with Crippen molar-refractivity contribution < 1.29 is 4.74 Å². The lowest BCUT2D eigenvalue weighted by Gasteiger charge is -2.33. The van der Waals surface area contributed by atoms with Crippen molar-refractivity contribution in [3.05, 3.63) is 0 Å². The van der Waals surface area contributed by atoms with Crippen molar-refractivity contribution in [3.8, 4) is 0 Å². The van der Waals surface area contributed by atoms with Crippen LogP contribution in [0.5, 0.6) is 0 Å². The maximum atomic E-state index is 5.75. The molecule has 0 amide bonds. The van der Waals surface area contributed by atoms with Crippen LogP contribution in [0.3, 0.4) is 0 Å². The van der Waals surface area contributed by atoms with Crippen LogP contribution in [0.1, 0.15) is 33.6 Å². The molecular weight excluding hydrogens is 188 g/mol. The predicted octanol–water partition coefficient (Wildman–Crippen LogP) is 1.49. The number of hydrogen-bond donors (Lipinski definition) is 1. The topological polar surface area (TPSA) is 24.5 Å². The molecule has 1 heterocycles. The number of rotatable bonds is 4. The van der Waals surface area contributed by atoms with E-state index in [-0.39, 0.29) is 5.60 Å². The second kappa shape index (κ2) is 6.46. The van der Waals surface area contributed by atoms with Gasteiger partial charge in [-0.3, -0.25) is 0 Å². The molecule has 0 radical (unpaired) electrons. The zero-order valence-corrected chi connectivity index (χ0v) is 10.5. The van der Waals surface area contributed by atoms with Gasteiger partial charge in [0.05, 0.1) is 5.60 Å². The standard InChI is InChI=1S/C12H26N2O/c1-4-15-12(2,3)11-14-9-5-7-13-8-6-10-14/h13H,4-11H2,1-3H3. The maximum Gasteiger partial charge on any atom is 0.0752 e. The highest BCUT2D eigenvalue weighted by Crippen LogP contribution is 2.12. The van der Waals surface area contributed by atoms with E-state index in [4.69, 9.17) is 4.74 Å². The lowest BCUT2D eigenvalue weighted by Crippen LogP contribution is -2.43. The summed E-state index contributed by atoms with van der Waals surface area (Å²) < 4.78 is 5.75. The van der Waals surface area contributed by atoms with Crippen LogP contribution in [0, 0.1) is 0 Å². The molecule has 3 heteroatoms. The Hall–Kier alpha value is -0.120. The second-order valence-electron chi connectivity index (χ2n) is 4.93. The van der Waals surface area contributed by atoms with Crippen LogP contribution in [0.25, 0.3) is 0 Å². The minimum absolute atomic E-state index is 0.00136. The van der Waals surface area contributed by atoms with Gasteiger partial charge in [0, 0.05) is 13.2 Å². The van der Waals surface area contributed by atoms with Crippen LogP contribution in [-0.2, 0) is 4.74 Å². The van der Waals surface area contributed by atoms with E-state index in [1.165, 1.54) is 25.9 Å². The highest BCUT2D eigenvalue weighted by Gasteiger charge is 2.21. The summed E-state index contributed by atoms with van der Waals surface area (Å²) in [4.78, 5) is 2.54. The monoisotopic (exact) mass is 214 g/mol. The molecule has 90 valence electrons. The Labute approximate surface area is 94.2 Å². The molecule has 0 unspecified atom stereocenters. The fourth-order valence-corrected chi connectivity index (χ4v) is 2.23. The zero-order valence-electron chi connectivity index (χ0n) is 10.5. The van der Waals surface area contributed by atoms with Gasteiger partial charge >= 0.3 is 0 Å². The lowest BCUT2D eigenvalue weighted by molar-refractivity contribution is -0.0349. The van der Waals surface area contributed by atoms with E-state index in [1.807, 2.05) is 0 Å². The van der Waals surface area contributed by atoms with Crippen molar-refractivity contribution in [1.29, 1.82) is 0 Å². The van der Waals surface area contributed by atoms with Crippen molar-refractivity contribution in [2.75, 3.05) is 39.3 Å². The summed E-state index contributed by atoms with van der Waals surface area (Å²) in [5, 5.41) is 3.44. The predicted molar refractivity (Wildman–Crippen MR) is 64.2 cm³/mol. The first-order chi connectivity index (χ1) is 7.14. The summed E-state index contributed by atoms with van der Waals surface area (Å²) >= 11 is 0. The van der Waals surface area contributed by atoms with E-state index in [0.29, 0.717) is 0 Å². The lowest BCUT2D eigenvalue weighted by atomic mass is 10.1. The summed E-state index contributed by atoms with van der Waals surface area (Å²) in [6.45, 7) is 13.0. The van der Waals surface area contributed by atoms with Crippen LogP contribution >= 0.6 is 0 Å². The Morgan fingerprint density at radius 1 is 1.20 bits per heavy atom. The van der Waals surface area contributed by atoms with Gasteiger partial charge in [0.15, 0.2) is 0 Å². The third-order valence-corrected chi connectivity index (χ3v) is 2.80. The molecule has 1 fully saturated rings. The van der Waals surface area contributed by atoms with Crippen LogP contribution in [0.15, 0.2) is 0 Å². The van der Waals surface area contributed by atoms with Gasteiger partial charge in [-0.05, 0) is 59.8 Å². The second-order valence-corrected chi connectivity index (χ2v) is 4.93. The average Bonchev–Trinajstić information content (AvgIpc) is 2.09. The first kappa shape index (κ1) is 12.9. The summed E-state index contributed by atoms with van der Waals surface area (Å²) in [6, 6.07) is 0. The Balaban J connectivity index is 2.33. The molecule has 0 spiro atoms. The molecular formula is C12H26N2O. The molecule has 0 aromatic carbocycles. The first-order valence-corrected chi connectivity index (χ1v) is 6.21. The summed E-state index contributed by atoms with van der Waals surface area (Å²) in [5.41, 5.74) is 0.00136. The summed E-state index contributed by atoms with van der Waals surface area (Å²) in [6.07, 6.45) is 2.50. The van der Waals surface area contributed by atoms with E-state index in [2.05, 4.69) is 31.0 Å². The molecule has 1 N–H and O–H groups in total. The van der Waals surface area contributed by atoms with Gasteiger partial charge in [0.2, 0.25) is 0 Å². The van der Waals surface area contributed by atoms with E-state index >= 15 is 0 Å². The normalized spacial score (nSPS) is 21.0. The van der Waals surface area contributed by atoms with Crippen LogP contribution in [0.2, 0.25) is 0 Å². The summed E-state index contributed by atoms with van der Waals surface area (Å²) in [5.74, 6) is 0.